The molecule has 0 aliphatic carbocycles. The van der Waals surface area contributed by atoms with Gasteiger partial charge in [0.15, 0.2) is 0 Å². The van der Waals surface area contributed by atoms with Gasteiger partial charge in [-0.25, -0.2) is 4.98 Å². The van der Waals surface area contributed by atoms with Crippen LogP contribution in [0, 0.1) is 0 Å². The number of nitrogens with zero attached hydrogens (tertiary/aromatic N) is 4. The van der Waals surface area contributed by atoms with Gasteiger partial charge in [0, 0.05) is 57.8 Å². The average molecular weight is 823 g/mol. The minimum absolute atomic E-state index is 0.00798. The Balaban J connectivity index is 1.25. The van der Waals surface area contributed by atoms with Crippen molar-refractivity contribution in [1.82, 2.24) is 9.55 Å². The third kappa shape index (κ3) is 8.27. The molecule has 3 heterocycles. The van der Waals surface area contributed by atoms with Crippen LogP contribution in [0.15, 0.2) is 139 Å². The molecule has 0 radical (unpaired) electrons. The third-order valence-corrected chi connectivity index (χ3v) is 12.8. The quantitative estimate of drug-likeness (QED) is 0.160. The van der Waals surface area contributed by atoms with Crippen LogP contribution in [0.4, 0.5) is 11.4 Å². The summed E-state index contributed by atoms with van der Waals surface area (Å²) in [7, 11) is 0. The Labute approximate surface area is 371 Å². The number of fused-ring (bicyclic) bond motifs is 3. The predicted octanol–water partition coefficient (Wildman–Crippen LogP) is 15.3. The molecule has 1 aliphatic rings. The van der Waals surface area contributed by atoms with Crippen molar-refractivity contribution in [3.63, 3.8) is 0 Å². The second-order valence-corrected chi connectivity index (χ2v) is 22.1. The molecule has 2 aromatic heterocycles. The lowest BCUT2D eigenvalue weighted by Crippen LogP contribution is -2.34. The molecule has 0 bridgehead atoms. The van der Waals surface area contributed by atoms with E-state index in [0.29, 0.717) is 6.67 Å². The lowest BCUT2D eigenvalue weighted by atomic mass is 9.79. The Hall–Kier alpha value is -5.81. The number of hydrogen-bond acceptors (Lipinski definition) is 4. The van der Waals surface area contributed by atoms with Crippen LogP contribution in [0.2, 0.25) is 0 Å². The van der Waals surface area contributed by atoms with Gasteiger partial charge in [0.2, 0.25) is 0 Å². The van der Waals surface area contributed by atoms with E-state index in [1.807, 2.05) is 6.20 Å². The van der Waals surface area contributed by atoms with Crippen LogP contribution in [-0.2, 0) is 27.1 Å². The Bertz CT molecular complexity index is 2780. The topological polar surface area (TPSA) is 33.5 Å². The van der Waals surface area contributed by atoms with Gasteiger partial charge in [0.05, 0.1) is 17.7 Å². The second kappa shape index (κ2) is 15.2. The number of hydrogen-bond donors (Lipinski definition) is 0. The number of ether oxygens (including phenoxy) is 1. The van der Waals surface area contributed by atoms with Crippen molar-refractivity contribution in [2.45, 2.75) is 124 Å². The number of rotatable bonds is 7. The Morgan fingerprint density at radius 1 is 0.468 bits per heavy atom. The fourth-order valence-electron chi connectivity index (χ4n) is 8.64. The highest BCUT2D eigenvalue weighted by Gasteiger charge is 2.37. The smallest absolute Gasteiger partial charge is 0.137 e. The maximum absolute atomic E-state index is 6.97. The fourth-order valence-corrected chi connectivity index (χ4v) is 8.64. The van der Waals surface area contributed by atoms with Crippen molar-refractivity contribution >= 4 is 33.2 Å². The molecule has 0 unspecified atom stereocenters. The standard InChI is InChI=1S/C57H66N4O/c1-53(2,3)39-26-27-58-52(33-39)61-49-23-19-18-22-47(49)48-25-24-45(35-50(48)61)62-46-32-42(56(10,11)12)29-43(34-46)59-36-51(57(13,14)38-20-16-15-17-21-38)60(37-59)44-30-40(54(4,5)6)28-41(31-44)55(7,8)9/h15-36H,37H2,1-14H3. The van der Waals surface area contributed by atoms with Crippen molar-refractivity contribution in [2.24, 2.45) is 0 Å². The van der Waals surface area contributed by atoms with Crippen LogP contribution in [-0.4, -0.2) is 16.2 Å². The summed E-state index contributed by atoms with van der Waals surface area (Å²) in [5.74, 6) is 2.49. The van der Waals surface area contributed by atoms with E-state index in [0.717, 1.165) is 34.0 Å². The zero-order chi connectivity index (χ0) is 44.6. The maximum atomic E-state index is 6.97. The molecule has 1 aliphatic heterocycles. The molecule has 320 valence electrons. The Kier molecular flexibility index (Phi) is 10.5. The number of aromatic nitrogens is 2. The number of anilines is 2. The van der Waals surface area contributed by atoms with Gasteiger partial charge in [-0.05, 0) is 104 Å². The van der Waals surface area contributed by atoms with E-state index < -0.39 is 0 Å². The predicted molar refractivity (Wildman–Crippen MR) is 264 cm³/mol. The first-order valence-electron chi connectivity index (χ1n) is 22.3. The summed E-state index contributed by atoms with van der Waals surface area (Å²) in [6, 6.07) is 44.4. The molecule has 0 N–H and O–H groups in total. The second-order valence-electron chi connectivity index (χ2n) is 22.1. The van der Waals surface area contributed by atoms with Crippen molar-refractivity contribution in [3.05, 3.63) is 167 Å². The molecular formula is C57H66N4O. The van der Waals surface area contributed by atoms with Gasteiger partial charge < -0.3 is 14.5 Å². The molecule has 0 atom stereocenters. The highest BCUT2D eigenvalue weighted by atomic mass is 16.5. The summed E-state index contributed by atoms with van der Waals surface area (Å²) >= 11 is 0. The zero-order valence-corrected chi connectivity index (χ0v) is 39.6. The van der Waals surface area contributed by atoms with Crippen LogP contribution in [0.25, 0.3) is 27.6 Å². The summed E-state index contributed by atoms with van der Waals surface area (Å²) < 4.78 is 9.25. The molecule has 5 heteroatoms. The van der Waals surface area contributed by atoms with Gasteiger partial charge in [-0.1, -0.05) is 152 Å². The van der Waals surface area contributed by atoms with E-state index >= 15 is 0 Å². The number of benzene rings is 5. The number of allylic oxidation sites excluding steroid dienone is 1. The molecular weight excluding hydrogens is 757 g/mol. The largest absolute Gasteiger partial charge is 0.457 e. The first-order chi connectivity index (χ1) is 29.0. The molecule has 5 aromatic carbocycles. The van der Waals surface area contributed by atoms with Crippen LogP contribution in [0.1, 0.15) is 125 Å². The van der Waals surface area contributed by atoms with Gasteiger partial charge in [-0.15, -0.1) is 0 Å². The van der Waals surface area contributed by atoms with Gasteiger partial charge in [0.1, 0.15) is 17.3 Å². The Morgan fingerprint density at radius 3 is 1.69 bits per heavy atom. The first-order valence-corrected chi connectivity index (χ1v) is 22.3. The summed E-state index contributed by atoms with van der Waals surface area (Å²) in [5, 5.41) is 2.36. The molecule has 8 rings (SSSR count). The van der Waals surface area contributed by atoms with Crippen LogP contribution >= 0.6 is 0 Å². The van der Waals surface area contributed by atoms with Gasteiger partial charge >= 0.3 is 0 Å². The average Bonchev–Trinajstić information content (AvgIpc) is 3.81. The van der Waals surface area contributed by atoms with E-state index in [9.17, 15) is 0 Å². The van der Waals surface area contributed by atoms with E-state index in [2.05, 4.69) is 239 Å². The number of para-hydroxylation sites is 1. The SMILES string of the molecule is CC(C)(C)c1cc(Oc2ccc3c4ccccc4n(-c4cc(C(C)(C)C)ccn4)c3c2)cc(N2C=C(C(C)(C)c3ccccc3)N(c3cc(C(C)(C)C)cc(C(C)(C)C)c3)C2)c1. The lowest BCUT2D eigenvalue weighted by Gasteiger charge is -2.36. The first kappa shape index (κ1) is 42.9. The van der Waals surface area contributed by atoms with E-state index in [4.69, 9.17) is 9.72 Å². The van der Waals surface area contributed by atoms with E-state index in [-0.39, 0.29) is 27.1 Å². The minimum atomic E-state index is -0.286. The molecule has 62 heavy (non-hydrogen) atoms. The summed E-state index contributed by atoms with van der Waals surface area (Å²) in [5.41, 5.74) is 11.7. The molecule has 0 saturated carbocycles. The number of pyridine rings is 1. The third-order valence-electron chi connectivity index (χ3n) is 12.8. The summed E-state index contributed by atoms with van der Waals surface area (Å²) in [6.45, 7) is 32.9. The highest BCUT2D eigenvalue weighted by molar-refractivity contribution is 6.09. The monoisotopic (exact) mass is 823 g/mol. The van der Waals surface area contributed by atoms with Gasteiger partial charge in [-0.2, -0.15) is 0 Å². The zero-order valence-electron chi connectivity index (χ0n) is 39.6. The minimum Gasteiger partial charge on any atom is -0.457 e. The fraction of sp³-hybridized carbons (Fsp3) is 0.351. The molecule has 0 spiro atoms. The normalized spacial score (nSPS) is 14.3. The highest BCUT2D eigenvalue weighted by Crippen LogP contribution is 2.45. The molecule has 0 amide bonds. The van der Waals surface area contributed by atoms with Crippen molar-refractivity contribution in [1.29, 1.82) is 0 Å². The molecule has 0 saturated heterocycles. The van der Waals surface area contributed by atoms with E-state index in [1.54, 1.807) is 0 Å². The Morgan fingerprint density at radius 2 is 1.05 bits per heavy atom. The van der Waals surface area contributed by atoms with E-state index in [1.165, 1.54) is 50.0 Å². The van der Waals surface area contributed by atoms with Crippen LogP contribution < -0.4 is 14.5 Å². The van der Waals surface area contributed by atoms with Gasteiger partial charge in [-0.3, -0.25) is 4.57 Å². The van der Waals surface area contributed by atoms with Crippen molar-refractivity contribution in [3.8, 4) is 17.3 Å². The maximum Gasteiger partial charge on any atom is 0.137 e. The molecule has 5 nitrogen and oxygen atoms in total. The molecule has 7 aromatic rings. The van der Waals surface area contributed by atoms with Crippen molar-refractivity contribution < 1.29 is 4.74 Å². The summed E-state index contributed by atoms with van der Waals surface area (Å²) in [6.07, 6.45) is 4.31. The van der Waals surface area contributed by atoms with Crippen LogP contribution in [0.3, 0.4) is 0 Å². The van der Waals surface area contributed by atoms with Crippen LogP contribution in [0.5, 0.6) is 11.5 Å². The molecule has 0 fully saturated rings. The van der Waals surface area contributed by atoms with Gasteiger partial charge in [0.25, 0.3) is 0 Å². The lowest BCUT2D eigenvalue weighted by molar-refractivity contribution is 0.479. The van der Waals surface area contributed by atoms with Crippen molar-refractivity contribution in [2.75, 3.05) is 16.5 Å². The summed E-state index contributed by atoms with van der Waals surface area (Å²) in [4.78, 5) is 9.87.